The van der Waals surface area contributed by atoms with Crippen LogP contribution in [-0.2, 0) is 17.9 Å². The molecule has 3 heteroatoms. The first-order chi connectivity index (χ1) is 8.67. The fourth-order valence-corrected chi connectivity index (χ4v) is 2.51. The van der Waals surface area contributed by atoms with E-state index in [1.54, 1.807) is 0 Å². The molecule has 0 aliphatic rings. The summed E-state index contributed by atoms with van der Waals surface area (Å²) in [4.78, 5) is 0. The van der Waals surface area contributed by atoms with Crippen molar-refractivity contribution in [1.82, 2.24) is 5.32 Å². The maximum atomic E-state index is 5.77. The van der Waals surface area contributed by atoms with Gasteiger partial charge >= 0.3 is 0 Å². The van der Waals surface area contributed by atoms with Crippen LogP contribution in [0.3, 0.4) is 0 Å². The van der Waals surface area contributed by atoms with Crippen LogP contribution in [0.5, 0.6) is 0 Å². The molecular formula is C15H24BrNO. The van der Waals surface area contributed by atoms with Crippen molar-refractivity contribution >= 4 is 15.9 Å². The molecule has 1 aromatic rings. The van der Waals surface area contributed by atoms with Gasteiger partial charge in [0.1, 0.15) is 0 Å². The van der Waals surface area contributed by atoms with Crippen LogP contribution in [0, 0.1) is 5.92 Å². The standard InChI is InChI=1S/C15H24BrNO/c1-4-5-12(2)10-18-11-14-7-6-13(9-17-3)8-15(14)16/h6-8,12,17H,4-5,9-11H2,1-3H3. The predicted molar refractivity (Wildman–Crippen MR) is 80.6 cm³/mol. The Balaban J connectivity index is 2.42. The van der Waals surface area contributed by atoms with Gasteiger partial charge in [0, 0.05) is 17.6 Å². The lowest BCUT2D eigenvalue weighted by atomic mass is 10.1. The lowest BCUT2D eigenvalue weighted by Crippen LogP contribution is -2.07. The van der Waals surface area contributed by atoms with Crippen LogP contribution in [0.2, 0.25) is 0 Å². The van der Waals surface area contributed by atoms with Crippen molar-refractivity contribution < 1.29 is 4.74 Å². The van der Waals surface area contributed by atoms with Gasteiger partial charge in [0.05, 0.1) is 6.61 Å². The molecule has 2 nitrogen and oxygen atoms in total. The van der Waals surface area contributed by atoms with Crippen LogP contribution in [-0.4, -0.2) is 13.7 Å². The first-order valence-electron chi connectivity index (χ1n) is 6.67. The van der Waals surface area contributed by atoms with E-state index in [9.17, 15) is 0 Å². The highest BCUT2D eigenvalue weighted by molar-refractivity contribution is 9.10. The number of hydrogen-bond donors (Lipinski definition) is 1. The Hall–Kier alpha value is -0.380. The third-order valence-corrected chi connectivity index (χ3v) is 3.68. The van der Waals surface area contributed by atoms with Crippen molar-refractivity contribution in [2.75, 3.05) is 13.7 Å². The van der Waals surface area contributed by atoms with Crippen LogP contribution in [0.4, 0.5) is 0 Å². The molecule has 1 rings (SSSR count). The van der Waals surface area contributed by atoms with Crippen molar-refractivity contribution in [2.24, 2.45) is 5.92 Å². The van der Waals surface area contributed by atoms with E-state index in [4.69, 9.17) is 4.74 Å². The number of rotatable bonds is 8. The molecular weight excluding hydrogens is 290 g/mol. The number of halogens is 1. The van der Waals surface area contributed by atoms with Gasteiger partial charge in [-0.2, -0.15) is 0 Å². The fourth-order valence-electron chi connectivity index (χ4n) is 1.97. The quantitative estimate of drug-likeness (QED) is 0.779. The van der Waals surface area contributed by atoms with E-state index in [0.29, 0.717) is 12.5 Å². The predicted octanol–water partition coefficient (Wildman–Crippen LogP) is 4.12. The Bertz CT molecular complexity index is 354. The van der Waals surface area contributed by atoms with Crippen LogP contribution in [0.15, 0.2) is 22.7 Å². The van der Waals surface area contributed by atoms with Gasteiger partial charge in [-0.25, -0.2) is 0 Å². The maximum absolute atomic E-state index is 5.77. The third-order valence-electron chi connectivity index (χ3n) is 2.94. The topological polar surface area (TPSA) is 21.3 Å². The van der Waals surface area contributed by atoms with Gasteiger partial charge in [-0.3, -0.25) is 0 Å². The second kappa shape index (κ2) is 8.68. The van der Waals surface area contributed by atoms with E-state index < -0.39 is 0 Å². The highest BCUT2D eigenvalue weighted by Gasteiger charge is 2.04. The van der Waals surface area contributed by atoms with Gasteiger partial charge in [0.25, 0.3) is 0 Å². The van der Waals surface area contributed by atoms with Crippen LogP contribution in [0.25, 0.3) is 0 Å². The van der Waals surface area contributed by atoms with Gasteiger partial charge in [-0.1, -0.05) is 48.3 Å². The summed E-state index contributed by atoms with van der Waals surface area (Å²) in [7, 11) is 1.96. The van der Waals surface area contributed by atoms with E-state index in [1.165, 1.54) is 24.0 Å². The molecule has 1 atom stereocenters. The Kier molecular flexibility index (Phi) is 7.56. The molecule has 0 aliphatic heterocycles. The van der Waals surface area contributed by atoms with Crippen LogP contribution >= 0.6 is 15.9 Å². The Labute approximate surface area is 119 Å². The highest BCUT2D eigenvalue weighted by atomic mass is 79.9. The minimum Gasteiger partial charge on any atom is -0.376 e. The van der Waals surface area contributed by atoms with Crippen molar-refractivity contribution in [1.29, 1.82) is 0 Å². The third kappa shape index (κ3) is 5.51. The van der Waals surface area contributed by atoms with Gasteiger partial charge in [0.15, 0.2) is 0 Å². The van der Waals surface area contributed by atoms with Crippen molar-refractivity contribution in [3.05, 3.63) is 33.8 Å². The molecule has 0 radical (unpaired) electrons. The second-order valence-electron chi connectivity index (χ2n) is 4.87. The normalized spacial score (nSPS) is 12.7. The Morgan fingerprint density at radius 3 is 2.78 bits per heavy atom. The largest absolute Gasteiger partial charge is 0.376 e. The zero-order chi connectivity index (χ0) is 13.4. The van der Waals surface area contributed by atoms with Crippen molar-refractivity contribution in [3.63, 3.8) is 0 Å². The first-order valence-corrected chi connectivity index (χ1v) is 7.46. The van der Waals surface area contributed by atoms with Gasteiger partial charge in [0.2, 0.25) is 0 Å². The van der Waals surface area contributed by atoms with E-state index in [2.05, 4.69) is 53.3 Å². The number of hydrogen-bond acceptors (Lipinski definition) is 2. The molecule has 0 amide bonds. The zero-order valence-corrected chi connectivity index (χ0v) is 13.2. The van der Waals surface area contributed by atoms with Crippen LogP contribution < -0.4 is 5.32 Å². The fraction of sp³-hybridized carbons (Fsp3) is 0.600. The Morgan fingerprint density at radius 1 is 1.39 bits per heavy atom. The SMILES string of the molecule is CCCC(C)COCc1ccc(CNC)cc1Br. The zero-order valence-electron chi connectivity index (χ0n) is 11.6. The second-order valence-corrected chi connectivity index (χ2v) is 5.72. The maximum Gasteiger partial charge on any atom is 0.0727 e. The number of nitrogens with one attached hydrogen (secondary N) is 1. The molecule has 1 N–H and O–H groups in total. The molecule has 1 aromatic carbocycles. The average molecular weight is 314 g/mol. The minimum atomic E-state index is 0.650. The summed E-state index contributed by atoms with van der Waals surface area (Å²) < 4.78 is 6.91. The summed E-state index contributed by atoms with van der Waals surface area (Å²) in [5.74, 6) is 0.650. The molecule has 0 saturated heterocycles. The summed E-state index contributed by atoms with van der Waals surface area (Å²) in [6, 6.07) is 6.45. The highest BCUT2D eigenvalue weighted by Crippen LogP contribution is 2.20. The summed E-state index contributed by atoms with van der Waals surface area (Å²) in [6.07, 6.45) is 2.47. The number of benzene rings is 1. The van der Waals surface area contributed by atoms with Crippen molar-refractivity contribution in [3.8, 4) is 0 Å². The van der Waals surface area contributed by atoms with Crippen molar-refractivity contribution in [2.45, 2.75) is 39.8 Å². The monoisotopic (exact) mass is 313 g/mol. The molecule has 0 saturated carbocycles. The molecule has 18 heavy (non-hydrogen) atoms. The van der Waals surface area contributed by atoms with E-state index >= 15 is 0 Å². The average Bonchev–Trinajstić information content (AvgIpc) is 2.33. The minimum absolute atomic E-state index is 0.650. The van der Waals surface area contributed by atoms with E-state index in [-0.39, 0.29) is 0 Å². The van der Waals surface area contributed by atoms with E-state index in [0.717, 1.165) is 17.6 Å². The Morgan fingerprint density at radius 2 is 2.17 bits per heavy atom. The summed E-state index contributed by atoms with van der Waals surface area (Å²) >= 11 is 3.61. The summed E-state index contributed by atoms with van der Waals surface area (Å²) in [5, 5.41) is 3.15. The molecule has 102 valence electrons. The lowest BCUT2D eigenvalue weighted by molar-refractivity contribution is 0.0890. The molecule has 0 aromatic heterocycles. The summed E-state index contributed by atoms with van der Waals surface area (Å²) in [5.41, 5.74) is 2.51. The molecule has 0 bridgehead atoms. The number of ether oxygens (including phenoxy) is 1. The van der Waals surface area contributed by atoms with Crippen LogP contribution in [0.1, 0.15) is 37.8 Å². The van der Waals surface area contributed by atoms with E-state index in [1.807, 2.05) is 7.05 Å². The van der Waals surface area contributed by atoms with Gasteiger partial charge in [-0.15, -0.1) is 0 Å². The molecule has 0 heterocycles. The molecule has 1 unspecified atom stereocenters. The molecule has 0 aliphatic carbocycles. The lowest BCUT2D eigenvalue weighted by Gasteiger charge is -2.12. The van der Waals surface area contributed by atoms with Gasteiger partial charge in [-0.05, 0) is 36.6 Å². The summed E-state index contributed by atoms with van der Waals surface area (Å²) in [6.45, 7) is 6.89. The molecule has 0 spiro atoms. The van der Waals surface area contributed by atoms with Gasteiger partial charge < -0.3 is 10.1 Å². The molecule has 0 fully saturated rings. The first kappa shape index (κ1) is 15.7. The smallest absolute Gasteiger partial charge is 0.0727 e.